The van der Waals surface area contributed by atoms with E-state index in [0.717, 1.165) is 32.5 Å². The Balaban J connectivity index is 0.00000338. The van der Waals surface area contributed by atoms with Gasteiger partial charge in [0.25, 0.3) is 0 Å². The van der Waals surface area contributed by atoms with Crippen molar-refractivity contribution in [3.05, 3.63) is 29.3 Å². The number of carbonyl (C=O) groups is 2. The zero-order valence-electron chi connectivity index (χ0n) is 15.0. The lowest BCUT2D eigenvalue weighted by Gasteiger charge is -2.37. The maximum Gasteiger partial charge on any atom is 0.317 e. The number of carbonyl (C=O) groups excluding carboxylic acids is 1. The molecule has 0 spiro atoms. The number of hydrogen-bond acceptors (Lipinski definition) is 4. The van der Waals surface area contributed by atoms with Crippen molar-refractivity contribution < 1.29 is 14.7 Å². The summed E-state index contributed by atoms with van der Waals surface area (Å²) in [5.41, 5.74) is 0.712. The van der Waals surface area contributed by atoms with E-state index in [1.54, 1.807) is 18.2 Å². The van der Waals surface area contributed by atoms with Gasteiger partial charge in [-0.15, -0.1) is 12.4 Å². The number of likely N-dealkylation sites (tertiary alicyclic amines) is 1. The highest BCUT2D eigenvalue weighted by atomic mass is 35.5. The normalized spacial score (nSPS) is 15.5. The fourth-order valence-corrected chi connectivity index (χ4v) is 3.42. The molecule has 1 aromatic rings. The monoisotopic (exact) mass is 403 g/mol. The zero-order valence-corrected chi connectivity index (χ0v) is 16.6. The second kappa shape index (κ2) is 11.4. The van der Waals surface area contributed by atoms with Gasteiger partial charge < -0.3 is 15.3 Å². The molecular formula is C18H27Cl2N3O3. The van der Waals surface area contributed by atoms with Gasteiger partial charge in [-0.1, -0.05) is 24.6 Å². The first-order chi connectivity index (χ1) is 12.0. The number of nitrogens with one attached hydrogen (secondary N) is 1. The van der Waals surface area contributed by atoms with Crippen molar-refractivity contribution in [2.24, 2.45) is 0 Å². The molecule has 1 fully saturated rings. The van der Waals surface area contributed by atoms with Crippen LogP contribution in [-0.2, 0) is 9.59 Å². The Labute approximate surface area is 165 Å². The zero-order chi connectivity index (χ0) is 18.2. The quantitative estimate of drug-likeness (QED) is 0.697. The molecule has 26 heavy (non-hydrogen) atoms. The van der Waals surface area contributed by atoms with E-state index in [1.807, 2.05) is 17.9 Å². The summed E-state index contributed by atoms with van der Waals surface area (Å²) in [4.78, 5) is 27.3. The maximum absolute atomic E-state index is 12.1. The molecular weight excluding hydrogens is 377 g/mol. The first kappa shape index (κ1) is 22.7. The lowest BCUT2D eigenvalue weighted by atomic mass is 10.0. The predicted octanol–water partition coefficient (Wildman–Crippen LogP) is 2.96. The number of carboxylic acids is 1. The number of anilines is 1. The number of piperidine rings is 1. The Morgan fingerprint density at radius 1 is 1.35 bits per heavy atom. The lowest BCUT2D eigenvalue weighted by molar-refractivity contribution is -0.139. The summed E-state index contributed by atoms with van der Waals surface area (Å²) in [7, 11) is 0. The summed E-state index contributed by atoms with van der Waals surface area (Å²) in [5.74, 6) is -0.799. The first-order valence-corrected chi connectivity index (χ1v) is 9.09. The fraction of sp³-hybridized carbons (Fsp3) is 0.556. The molecule has 0 bridgehead atoms. The Bertz CT molecular complexity index is 593. The largest absolute Gasteiger partial charge is 0.480 e. The molecule has 1 saturated heterocycles. The standard InChI is InChI=1S/C18H26ClN3O3.ClH/c1-2-22(13-18(24)25)16-6-9-21(10-7-16)11-8-17(23)20-15-5-3-4-14(19)12-15;/h3-5,12,16H,2,6-11,13H2,1H3,(H,20,23)(H,24,25);1H. The molecule has 1 aromatic carbocycles. The van der Waals surface area contributed by atoms with Crippen molar-refractivity contribution in [1.29, 1.82) is 0 Å². The first-order valence-electron chi connectivity index (χ1n) is 8.71. The maximum atomic E-state index is 12.1. The van der Waals surface area contributed by atoms with Crippen LogP contribution < -0.4 is 5.32 Å². The molecule has 2 rings (SSSR count). The minimum absolute atomic E-state index is 0. The third-order valence-corrected chi connectivity index (χ3v) is 4.82. The van der Waals surface area contributed by atoms with Gasteiger partial charge in [-0.3, -0.25) is 14.5 Å². The van der Waals surface area contributed by atoms with E-state index in [4.69, 9.17) is 16.7 Å². The SMILES string of the molecule is CCN(CC(=O)O)C1CCN(CCC(=O)Nc2cccc(Cl)c2)CC1.Cl. The van der Waals surface area contributed by atoms with Gasteiger partial charge >= 0.3 is 5.97 Å². The molecule has 1 amide bonds. The van der Waals surface area contributed by atoms with Crippen molar-refractivity contribution >= 4 is 41.6 Å². The number of likely N-dealkylation sites (N-methyl/N-ethyl adjacent to an activating group) is 1. The highest BCUT2D eigenvalue weighted by molar-refractivity contribution is 6.30. The van der Waals surface area contributed by atoms with Gasteiger partial charge in [0.2, 0.25) is 5.91 Å². The van der Waals surface area contributed by atoms with Crippen LogP contribution in [0.25, 0.3) is 0 Å². The summed E-state index contributed by atoms with van der Waals surface area (Å²) < 4.78 is 0. The van der Waals surface area contributed by atoms with Gasteiger partial charge in [0.1, 0.15) is 0 Å². The van der Waals surface area contributed by atoms with Crippen molar-refractivity contribution in [1.82, 2.24) is 9.80 Å². The Hall–Kier alpha value is -1.34. The van der Waals surface area contributed by atoms with E-state index >= 15 is 0 Å². The Morgan fingerprint density at radius 2 is 2.04 bits per heavy atom. The van der Waals surface area contributed by atoms with Crippen LogP contribution in [0.3, 0.4) is 0 Å². The van der Waals surface area contributed by atoms with E-state index in [9.17, 15) is 9.59 Å². The average Bonchev–Trinajstić information content (AvgIpc) is 2.58. The third kappa shape index (κ3) is 7.50. The van der Waals surface area contributed by atoms with Crippen LogP contribution in [0.2, 0.25) is 5.02 Å². The van der Waals surface area contributed by atoms with Crippen molar-refractivity contribution in [2.45, 2.75) is 32.2 Å². The summed E-state index contributed by atoms with van der Waals surface area (Å²) in [6, 6.07) is 7.44. The number of carboxylic acid groups (broad SMARTS) is 1. The number of rotatable bonds is 8. The molecule has 8 heteroatoms. The number of halogens is 2. The van der Waals surface area contributed by atoms with E-state index in [0.29, 0.717) is 29.7 Å². The minimum Gasteiger partial charge on any atom is -0.480 e. The number of aliphatic carboxylic acids is 1. The van der Waals surface area contributed by atoms with Gasteiger partial charge in [-0.2, -0.15) is 0 Å². The van der Waals surface area contributed by atoms with E-state index in [-0.39, 0.29) is 24.9 Å². The van der Waals surface area contributed by atoms with E-state index in [2.05, 4.69) is 10.2 Å². The summed E-state index contributed by atoms with van der Waals surface area (Å²) in [5, 5.41) is 12.4. The molecule has 1 aliphatic rings. The smallest absolute Gasteiger partial charge is 0.317 e. The van der Waals surface area contributed by atoms with Gasteiger partial charge in [0.15, 0.2) is 0 Å². The molecule has 146 valence electrons. The number of hydrogen-bond donors (Lipinski definition) is 2. The van der Waals surface area contributed by atoms with Gasteiger partial charge in [0.05, 0.1) is 6.54 Å². The van der Waals surface area contributed by atoms with E-state index < -0.39 is 5.97 Å². The van der Waals surface area contributed by atoms with Crippen LogP contribution in [0.4, 0.5) is 5.69 Å². The van der Waals surface area contributed by atoms with E-state index in [1.165, 1.54) is 0 Å². The highest BCUT2D eigenvalue weighted by Gasteiger charge is 2.25. The molecule has 1 aliphatic heterocycles. The summed E-state index contributed by atoms with van der Waals surface area (Å²) in [6.07, 6.45) is 2.32. The van der Waals surface area contributed by atoms with Crippen LogP contribution in [0.1, 0.15) is 26.2 Å². The number of benzene rings is 1. The second-order valence-corrected chi connectivity index (χ2v) is 6.77. The van der Waals surface area contributed by atoms with Gasteiger partial charge in [0, 0.05) is 29.7 Å². The molecule has 2 N–H and O–H groups in total. The van der Waals surface area contributed by atoms with Crippen LogP contribution in [-0.4, -0.2) is 65.5 Å². The number of nitrogens with zero attached hydrogens (tertiary/aromatic N) is 2. The third-order valence-electron chi connectivity index (χ3n) is 4.58. The van der Waals surface area contributed by atoms with Gasteiger partial charge in [-0.05, 0) is 50.7 Å². The van der Waals surface area contributed by atoms with Crippen LogP contribution >= 0.6 is 24.0 Å². The second-order valence-electron chi connectivity index (χ2n) is 6.34. The van der Waals surface area contributed by atoms with Crippen molar-refractivity contribution in [3.63, 3.8) is 0 Å². The summed E-state index contributed by atoms with van der Waals surface area (Å²) >= 11 is 5.91. The molecule has 0 aromatic heterocycles. The highest BCUT2D eigenvalue weighted by Crippen LogP contribution is 2.17. The average molecular weight is 404 g/mol. The number of amides is 1. The molecule has 0 saturated carbocycles. The molecule has 0 radical (unpaired) electrons. The molecule has 0 unspecified atom stereocenters. The van der Waals surface area contributed by atoms with Crippen molar-refractivity contribution in [2.75, 3.05) is 38.0 Å². The molecule has 0 atom stereocenters. The van der Waals surface area contributed by atoms with Crippen LogP contribution in [0, 0.1) is 0 Å². The van der Waals surface area contributed by atoms with Gasteiger partial charge in [-0.25, -0.2) is 0 Å². The molecule has 0 aliphatic carbocycles. The Kier molecular flexibility index (Phi) is 9.94. The lowest BCUT2D eigenvalue weighted by Crippen LogP contribution is -2.47. The summed E-state index contributed by atoms with van der Waals surface area (Å²) in [6.45, 7) is 5.35. The minimum atomic E-state index is -0.776. The molecule has 6 nitrogen and oxygen atoms in total. The Morgan fingerprint density at radius 3 is 2.62 bits per heavy atom. The fourth-order valence-electron chi connectivity index (χ4n) is 3.23. The molecule has 1 heterocycles. The topological polar surface area (TPSA) is 72.9 Å². The van der Waals surface area contributed by atoms with Crippen molar-refractivity contribution in [3.8, 4) is 0 Å². The van der Waals surface area contributed by atoms with Crippen LogP contribution in [0.5, 0.6) is 0 Å². The van der Waals surface area contributed by atoms with Crippen LogP contribution in [0.15, 0.2) is 24.3 Å². The predicted molar refractivity (Wildman–Crippen MR) is 106 cm³/mol.